The smallest absolute Gasteiger partial charge is 0.334 e. The van der Waals surface area contributed by atoms with Crippen LogP contribution in [0.2, 0.25) is 0 Å². The Morgan fingerprint density at radius 2 is 2.00 bits per heavy atom. The van der Waals surface area contributed by atoms with Gasteiger partial charge in [-0.05, 0) is 12.5 Å². The zero-order valence-corrected chi connectivity index (χ0v) is 12.0. The molecule has 1 aliphatic heterocycles. The van der Waals surface area contributed by atoms with Crippen molar-refractivity contribution in [2.24, 2.45) is 16.6 Å². The summed E-state index contributed by atoms with van der Waals surface area (Å²) in [5.41, 5.74) is 5.41. The second-order valence-corrected chi connectivity index (χ2v) is 4.99. The van der Waals surface area contributed by atoms with E-state index in [-0.39, 0.29) is 28.4 Å². The van der Waals surface area contributed by atoms with Crippen LogP contribution in [0.15, 0.2) is 40.5 Å². The molecule has 0 fully saturated rings. The number of carboxylic acids is 2. The highest BCUT2D eigenvalue weighted by Gasteiger charge is 2.42. The zero-order valence-electron chi connectivity index (χ0n) is 12.0. The summed E-state index contributed by atoms with van der Waals surface area (Å²) in [5.74, 6) is -5.51. The Balaban J connectivity index is 2.69. The molecule has 4 N–H and O–H groups in total. The Bertz CT molecular complexity index is 768. The van der Waals surface area contributed by atoms with Gasteiger partial charge in [0, 0.05) is 18.1 Å². The minimum Gasteiger partial charge on any atom is -0.481 e. The number of non-ortho nitro benzene ring substituents is 1. The molecule has 0 saturated carbocycles. The summed E-state index contributed by atoms with van der Waals surface area (Å²) in [6.07, 6.45) is 0. The molecule has 1 aliphatic rings. The monoisotopic (exact) mass is 319 g/mol. The minimum absolute atomic E-state index is 0.0732. The van der Waals surface area contributed by atoms with Gasteiger partial charge < -0.3 is 15.9 Å². The first-order chi connectivity index (χ1) is 10.7. The number of hydrogen-bond donors (Lipinski definition) is 3. The van der Waals surface area contributed by atoms with Crippen LogP contribution in [0.1, 0.15) is 18.4 Å². The summed E-state index contributed by atoms with van der Waals surface area (Å²) in [7, 11) is 0. The molecular formula is C14H13N3O6. The highest BCUT2D eigenvalue weighted by atomic mass is 16.6. The largest absolute Gasteiger partial charge is 0.481 e. The molecule has 0 aromatic heterocycles. The molecule has 0 saturated heterocycles. The van der Waals surface area contributed by atoms with E-state index in [9.17, 15) is 29.9 Å². The van der Waals surface area contributed by atoms with Crippen LogP contribution in [0.25, 0.3) is 0 Å². The second kappa shape index (κ2) is 5.87. The molecule has 1 heterocycles. The average Bonchev–Trinajstić information content (AvgIpc) is 2.45. The SMILES string of the molecule is CC1=C(C(=O)O)[C@@H](c2cccc([N+](=O)[O-])c2)C(C(=O)O)C(N)=N1. The normalized spacial score (nSPS) is 20.8. The lowest BCUT2D eigenvalue weighted by atomic mass is 9.77. The van der Waals surface area contributed by atoms with Crippen LogP contribution in [-0.2, 0) is 9.59 Å². The van der Waals surface area contributed by atoms with Gasteiger partial charge in [-0.3, -0.25) is 14.9 Å². The highest BCUT2D eigenvalue weighted by Crippen LogP contribution is 2.39. The Hall–Kier alpha value is -3.23. The van der Waals surface area contributed by atoms with E-state index in [2.05, 4.69) is 4.99 Å². The van der Waals surface area contributed by atoms with Gasteiger partial charge in [0.1, 0.15) is 11.8 Å². The van der Waals surface area contributed by atoms with Crippen molar-refractivity contribution in [1.82, 2.24) is 0 Å². The third-order valence-corrected chi connectivity index (χ3v) is 3.59. The maximum atomic E-state index is 11.5. The highest BCUT2D eigenvalue weighted by molar-refractivity contribution is 6.05. The molecule has 0 amide bonds. The number of hydrogen-bond acceptors (Lipinski definition) is 6. The minimum atomic E-state index is -1.41. The van der Waals surface area contributed by atoms with Crippen LogP contribution < -0.4 is 5.73 Å². The number of nitrogens with two attached hydrogens (primary N) is 1. The molecule has 0 bridgehead atoms. The van der Waals surface area contributed by atoms with Crippen molar-refractivity contribution in [1.29, 1.82) is 0 Å². The van der Waals surface area contributed by atoms with Crippen molar-refractivity contribution >= 4 is 23.5 Å². The van der Waals surface area contributed by atoms with E-state index in [1.165, 1.54) is 25.1 Å². The molecule has 9 heteroatoms. The third kappa shape index (κ3) is 2.89. The van der Waals surface area contributed by atoms with E-state index in [0.29, 0.717) is 0 Å². The van der Waals surface area contributed by atoms with E-state index in [0.717, 1.165) is 6.07 Å². The second-order valence-electron chi connectivity index (χ2n) is 4.99. The molecule has 2 atom stereocenters. The van der Waals surface area contributed by atoms with Gasteiger partial charge in [-0.2, -0.15) is 0 Å². The number of benzene rings is 1. The van der Waals surface area contributed by atoms with Crippen LogP contribution in [0.4, 0.5) is 5.69 Å². The number of rotatable bonds is 4. The summed E-state index contributed by atoms with van der Waals surface area (Å²) < 4.78 is 0. The fourth-order valence-electron chi connectivity index (χ4n) is 2.63. The molecule has 1 aromatic rings. The molecule has 1 unspecified atom stereocenters. The molecule has 0 spiro atoms. The first-order valence-electron chi connectivity index (χ1n) is 6.49. The molecular weight excluding hydrogens is 306 g/mol. The van der Waals surface area contributed by atoms with Gasteiger partial charge in [-0.25, -0.2) is 9.79 Å². The lowest BCUT2D eigenvalue weighted by Crippen LogP contribution is -2.40. The molecule has 0 radical (unpaired) electrons. The van der Waals surface area contributed by atoms with Crippen LogP contribution >= 0.6 is 0 Å². The predicted molar refractivity (Wildman–Crippen MR) is 78.9 cm³/mol. The van der Waals surface area contributed by atoms with Gasteiger partial charge in [0.25, 0.3) is 5.69 Å². The van der Waals surface area contributed by atoms with Crippen molar-refractivity contribution in [2.75, 3.05) is 0 Å². The molecule has 120 valence electrons. The van der Waals surface area contributed by atoms with Crippen molar-refractivity contribution < 1.29 is 24.7 Å². The molecule has 2 rings (SSSR count). The van der Waals surface area contributed by atoms with Crippen LogP contribution in [-0.4, -0.2) is 32.9 Å². The van der Waals surface area contributed by atoms with Crippen molar-refractivity contribution in [2.45, 2.75) is 12.8 Å². The van der Waals surface area contributed by atoms with E-state index in [1.807, 2.05) is 0 Å². The standard InChI is InChI=1S/C14H13N3O6/c1-6-9(13(18)19)10(11(14(20)21)12(15)16-6)7-3-2-4-8(5-7)17(22)23/h2-5,10-11H,1H3,(H2,15,16)(H,18,19)(H,20,21)/t10-,11?/m1/s1. The van der Waals surface area contributed by atoms with Crippen LogP contribution in [0.3, 0.4) is 0 Å². The lowest BCUT2D eigenvalue weighted by molar-refractivity contribution is -0.384. The molecule has 23 heavy (non-hydrogen) atoms. The Kier molecular flexibility index (Phi) is 4.12. The zero-order chi connectivity index (χ0) is 17.3. The molecule has 1 aromatic carbocycles. The number of aliphatic carboxylic acids is 2. The van der Waals surface area contributed by atoms with Gasteiger partial charge in [0.05, 0.1) is 16.2 Å². The summed E-state index contributed by atoms with van der Waals surface area (Å²) in [6, 6.07) is 5.18. The summed E-state index contributed by atoms with van der Waals surface area (Å²) >= 11 is 0. The maximum Gasteiger partial charge on any atom is 0.334 e. The van der Waals surface area contributed by atoms with Gasteiger partial charge in [-0.1, -0.05) is 12.1 Å². The Morgan fingerprint density at radius 3 is 2.52 bits per heavy atom. The number of nitro groups is 1. The van der Waals surface area contributed by atoms with E-state index >= 15 is 0 Å². The molecule has 9 nitrogen and oxygen atoms in total. The van der Waals surface area contributed by atoms with Gasteiger partial charge >= 0.3 is 11.9 Å². The first-order valence-corrected chi connectivity index (χ1v) is 6.49. The Labute approximate surface area is 129 Å². The van der Waals surface area contributed by atoms with E-state index < -0.39 is 28.7 Å². The molecule has 0 aliphatic carbocycles. The van der Waals surface area contributed by atoms with E-state index in [4.69, 9.17) is 5.73 Å². The first kappa shape index (κ1) is 16.1. The number of nitrogens with zero attached hydrogens (tertiary/aromatic N) is 2. The quantitative estimate of drug-likeness (QED) is 0.554. The van der Waals surface area contributed by atoms with Crippen molar-refractivity contribution in [3.8, 4) is 0 Å². The van der Waals surface area contributed by atoms with E-state index in [1.54, 1.807) is 0 Å². The fourth-order valence-corrected chi connectivity index (χ4v) is 2.63. The third-order valence-electron chi connectivity index (χ3n) is 3.59. The number of carboxylic acid groups (broad SMARTS) is 2. The maximum absolute atomic E-state index is 11.5. The van der Waals surface area contributed by atoms with Crippen LogP contribution in [0, 0.1) is 16.0 Å². The number of aliphatic imine (C=N–C) groups is 1. The van der Waals surface area contributed by atoms with Gasteiger partial charge in [-0.15, -0.1) is 0 Å². The van der Waals surface area contributed by atoms with Crippen LogP contribution in [0.5, 0.6) is 0 Å². The average molecular weight is 319 g/mol. The Morgan fingerprint density at radius 1 is 1.35 bits per heavy atom. The van der Waals surface area contributed by atoms with Gasteiger partial charge in [0.2, 0.25) is 0 Å². The van der Waals surface area contributed by atoms with Crippen molar-refractivity contribution in [3.63, 3.8) is 0 Å². The number of allylic oxidation sites excluding steroid dienone is 1. The summed E-state index contributed by atoms with van der Waals surface area (Å²) in [5, 5.41) is 29.7. The summed E-state index contributed by atoms with van der Waals surface area (Å²) in [6.45, 7) is 1.40. The lowest BCUT2D eigenvalue weighted by Gasteiger charge is -2.28. The fraction of sp³-hybridized carbons (Fsp3) is 0.214. The number of nitro benzene ring substituents is 1. The number of amidine groups is 1. The summed E-state index contributed by atoms with van der Waals surface area (Å²) in [4.78, 5) is 37.1. The topological polar surface area (TPSA) is 156 Å². The number of carbonyl (C=O) groups is 2. The van der Waals surface area contributed by atoms with Crippen molar-refractivity contribution in [3.05, 3.63) is 51.2 Å². The van der Waals surface area contributed by atoms with Gasteiger partial charge in [0.15, 0.2) is 0 Å². The predicted octanol–water partition coefficient (Wildman–Crippen LogP) is 1.11.